The van der Waals surface area contributed by atoms with Gasteiger partial charge in [0.15, 0.2) is 0 Å². The van der Waals surface area contributed by atoms with Crippen molar-refractivity contribution < 1.29 is 9.53 Å². The van der Waals surface area contributed by atoms with Gasteiger partial charge in [0.1, 0.15) is 5.75 Å². The zero-order valence-electron chi connectivity index (χ0n) is 14.5. The molecule has 0 amide bonds. The number of aliphatic imine (C=N–C) groups is 1. The van der Waals surface area contributed by atoms with E-state index in [0.717, 1.165) is 17.0 Å². The largest absolute Gasteiger partial charge is 0.427 e. The van der Waals surface area contributed by atoms with Crippen LogP contribution in [0.5, 0.6) is 5.75 Å². The van der Waals surface area contributed by atoms with Crippen molar-refractivity contribution in [1.29, 1.82) is 0 Å². The molecule has 0 aliphatic rings. The number of carbonyl (C=O) groups excluding carboxylic acids is 1. The van der Waals surface area contributed by atoms with Gasteiger partial charge in [-0.15, -0.1) is 11.8 Å². The molecule has 0 radical (unpaired) electrons. The van der Waals surface area contributed by atoms with Gasteiger partial charge in [0, 0.05) is 23.8 Å². The Balaban J connectivity index is 1.56. The van der Waals surface area contributed by atoms with Gasteiger partial charge in [0.25, 0.3) is 0 Å². The number of thioether (sulfide) groups is 1. The number of hydrogen-bond donors (Lipinski definition) is 0. The molecule has 3 aromatic carbocycles. The highest BCUT2D eigenvalue weighted by Crippen LogP contribution is 2.23. The number of benzene rings is 3. The van der Waals surface area contributed by atoms with Crippen LogP contribution in [-0.2, 0) is 10.5 Å². The highest BCUT2D eigenvalue weighted by atomic mass is 32.2. The minimum Gasteiger partial charge on any atom is -0.427 e. The number of rotatable bonds is 6. The van der Waals surface area contributed by atoms with Crippen LogP contribution in [0.2, 0.25) is 0 Å². The van der Waals surface area contributed by atoms with Crippen LogP contribution < -0.4 is 4.74 Å². The van der Waals surface area contributed by atoms with E-state index in [1.165, 1.54) is 17.4 Å². The van der Waals surface area contributed by atoms with Gasteiger partial charge < -0.3 is 4.74 Å². The topological polar surface area (TPSA) is 38.7 Å². The average molecular weight is 361 g/mol. The standard InChI is InChI=1S/C22H19NO2S/c1-17(24)25-21-13-9-18(10-14-21)15-23-20-11-7-19(8-12-20)16-26-22-5-3-2-4-6-22/h2-15H,16H2,1H3. The van der Waals surface area contributed by atoms with Crippen LogP contribution in [0, 0.1) is 0 Å². The first-order valence-corrected chi connectivity index (χ1v) is 9.27. The van der Waals surface area contributed by atoms with Crippen LogP contribution in [0.25, 0.3) is 0 Å². The molecule has 0 bridgehead atoms. The van der Waals surface area contributed by atoms with Gasteiger partial charge in [0.05, 0.1) is 5.69 Å². The van der Waals surface area contributed by atoms with E-state index in [9.17, 15) is 4.79 Å². The van der Waals surface area contributed by atoms with E-state index < -0.39 is 0 Å². The van der Waals surface area contributed by atoms with E-state index in [-0.39, 0.29) is 5.97 Å². The van der Waals surface area contributed by atoms with Crippen LogP contribution in [0.3, 0.4) is 0 Å². The second-order valence-electron chi connectivity index (χ2n) is 5.69. The molecule has 0 unspecified atom stereocenters. The van der Waals surface area contributed by atoms with Crippen molar-refractivity contribution in [2.45, 2.75) is 17.6 Å². The molecule has 0 saturated carbocycles. The van der Waals surface area contributed by atoms with Crippen molar-refractivity contribution >= 4 is 29.6 Å². The van der Waals surface area contributed by atoms with Crippen molar-refractivity contribution in [2.24, 2.45) is 4.99 Å². The Morgan fingerprint density at radius 3 is 2.31 bits per heavy atom. The molecule has 130 valence electrons. The molecule has 3 rings (SSSR count). The van der Waals surface area contributed by atoms with E-state index >= 15 is 0 Å². The minimum atomic E-state index is -0.322. The monoisotopic (exact) mass is 361 g/mol. The van der Waals surface area contributed by atoms with E-state index in [1.807, 2.05) is 42.1 Å². The zero-order chi connectivity index (χ0) is 18.2. The lowest BCUT2D eigenvalue weighted by molar-refractivity contribution is -0.131. The fourth-order valence-electron chi connectivity index (χ4n) is 2.30. The SMILES string of the molecule is CC(=O)Oc1ccc(C=Nc2ccc(CSc3ccccc3)cc2)cc1. The number of hydrogen-bond acceptors (Lipinski definition) is 4. The van der Waals surface area contributed by atoms with Crippen molar-refractivity contribution in [3.63, 3.8) is 0 Å². The van der Waals surface area contributed by atoms with E-state index in [0.29, 0.717) is 5.75 Å². The lowest BCUT2D eigenvalue weighted by atomic mass is 10.2. The van der Waals surface area contributed by atoms with Crippen molar-refractivity contribution in [3.05, 3.63) is 90.0 Å². The molecule has 0 spiro atoms. The van der Waals surface area contributed by atoms with Gasteiger partial charge in [-0.05, 0) is 59.7 Å². The molecule has 0 fully saturated rings. The van der Waals surface area contributed by atoms with Crippen molar-refractivity contribution in [1.82, 2.24) is 0 Å². The van der Waals surface area contributed by atoms with Gasteiger partial charge in [0.2, 0.25) is 0 Å². The lowest BCUT2D eigenvalue weighted by Gasteiger charge is -2.03. The van der Waals surface area contributed by atoms with E-state index in [4.69, 9.17) is 4.74 Å². The van der Waals surface area contributed by atoms with Gasteiger partial charge in [-0.3, -0.25) is 9.79 Å². The molecule has 4 heteroatoms. The van der Waals surface area contributed by atoms with Crippen LogP contribution in [0.15, 0.2) is 88.8 Å². The second kappa shape index (κ2) is 9.02. The van der Waals surface area contributed by atoms with Gasteiger partial charge in [-0.2, -0.15) is 0 Å². The predicted molar refractivity (Wildman–Crippen MR) is 107 cm³/mol. The summed E-state index contributed by atoms with van der Waals surface area (Å²) in [5.74, 6) is 1.15. The van der Waals surface area contributed by atoms with E-state index in [1.54, 1.807) is 18.3 Å². The van der Waals surface area contributed by atoms with Crippen LogP contribution in [-0.4, -0.2) is 12.2 Å². The summed E-state index contributed by atoms with van der Waals surface area (Å²) in [6, 6.07) is 25.9. The van der Waals surface area contributed by atoms with E-state index in [2.05, 4.69) is 41.4 Å². The maximum atomic E-state index is 10.9. The molecule has 0 atom stereocenters. The lowest BCUT2D eigenvalue weighted by Crippen LogP contribution is -2.00. The molecule has 0 aromatic heterocycles. The molecule has 0 N–H and O–H groups in total. The maximum absolute atomic E-state index is 10.9. The highest BCUT2D eigenvalue weighted by molar-refractivity contribution is 7.98. The number of esters is 1. The first-order valence-electron chi connectivity index (χ1n) is 8.28. The Labute approximate surface area is 157 Å². The summed E-state index contributed by atoms with van der Waals surface area (Å²) in [5.41, 5.74) is 3.12. The first-order chi connectivity index (χ1) is 12.7. The maximum Gasteiger partial charge on any atom is 0.308 e. The smallest absolute Gasteiger partial charge is 0.308 e. The molecule has 0 saturated heterocycles. The minimum absolute atomic E-state index is 0.322. The average Bonchev–Trinajstić information content (AvgIpc) is 2.67. The molecular formula is C22H19NO2S. The quantitative estimate of drug-likeness (QED) is 0.246. The second-order valence-corrected chi connectivity index (χ2v) is 6.74. The first kappa shape index (κ1) is 18.0. The third-order valence-corrected chi connectivity index (χ3v) is 4.67. The highest BCUT2D eigenvalue weighted by Gasteiger charge is 1.98. The summed E-state index contributed by atoms with van der Waals surface area (Å²) in [7, 11) is 0. The summed E-state index contributed by atoms with van der Waals surface area (Å²) >= 11 is 1.82. The summed E-state index contributed by atoms with van der Waals surface area (Å²) in [6.45, 7) is 1.39. The summed E-state index contributed by atoms with van der Waals surface area (Å²) in [5, 5.41) is 0. The molecule has 3 nitrogen and oxygen atoms in total. The predicted octanol–water partition coefficient (Wildman–Crippen LogP) is 5.65. The Morgan fingerprint density at radius 1 is 0.962 bits per heavy atom. The Kier molecular flexibility index (Phi) is 6.23. The van der Waals surface area contributed by atoms with Gasteiger partial charge in [-0.25, -0.2) is 0 Å². The third-order valence-electron chi connectivity index (χ3n) is 3.59. The number of ether oxygens (including phenoxy) is 1. The van der Waals surface area contributed by atoms with Crippen molar-refractivity contribution in [3.8, 4) is 5.75 Å². The fourth-order valence-corrected chi connectivity index (χ4v) is 3.17. The summed E-state index contributed by atoms with van der Waals surface area (Å²) in [6.07, 6.45) is 1.80. The van der Waals surface area contributed by atoms with Gasteiger partial charge in [-0.1, -0.05) is 30.3 Å². The van der Waals surface area contributed by atoms with Crippen molar-refractivity contribution in [2.75, 3.05) is 0 Å². The Hall–Kier alpha value is -2.85. The molecule has 0 heterocycles. The number of carbonyl (C=O) groups is 1. The van der Waals surface area contributed by atoms with Crippen LogP contribution >= 0.6 is 11.8 Å². The molecule has 3 aromatic rings. The van der Waals surface area contributed by atoms with Crippen LogP contribution in [0.1, 0.15) is 18.1 Å². The Bertz CT molecular complexity index is 872. The van der Waals surface area contributed by atoms with Gasteiger partial charge >= 0.3 is 5.97 Å². The summed E-state index contributed by atoms with van der Waals surface area (Å²) < 4.78 is 5.01. The zero-order valence-corrected chi connectivity index (χ0v) is 15.3. The molecule has 26 heavy (non-hydrogen) atoms. The fraction of sp³-hybridized carbons (Fsp3) is 0.0909. The molecular weight excluding hydrogens is 342 g/mol. The van der Waals surface area contributed by atoms with Crippen LogP contribution in [0.4, 0.5) is 5.69 Å². The number of nitrogens with zero attached hydrogens (tertiary/aromatic N) is 1. The molecule has 0 aliphatic carbocycles. The Morgan fingerprint density at radius 2 is 1.65 bits per heavy atom. The normalized spacial score (nSPS) is 10.8. The molecule has 0 aliphatic heterocycles. The summed E-state index contributed by atoms with van der Waals surface area (Å²) in [4.78, 5) is 16.7. The third kappa shape index (κ3) is 5.60.